The highest BCUT2D eigenvalue weighted by molar-refractivity contribution is 8.01. The SMILES string of the molecule is CC(C)c1cc2c(s1)Sc1ccccc1CC2=S. The highest BCUT2D eigenvalue weighted by Gasteiger charge is 2.21. The quantitative estimate of drug-likeness (QED) is 0.654. The first-order valence-electron chi connectivity index (χ1n) is 6.08. The molecule has 0 N–H and O–H groups in total. The zero-order valence-corrected chi connectivity index (χ0v) is 12.8. The Morgan fingerprint density at radius 1 is 1.22 bits per heavy atom. The first kappa shape index (κ1) is 12.4. The van der Waals surface area contributed by atoms with Crippen molar-refractivity contribution in [1.82, 2.24) is 0 Å². The third-order valence-corrected chi connectivity index (χ3v) is 6.23. The summed E-state index contributed by atoms with van der Waals surface area (Å²) < 4.78 is 1.37. The fourth-order valence-corrected chi connectivity index (χ4v) is 5.06. The molecule has 0 aliphatic carbocycles. The number of thiocarbonyl (C=S) groups is 1. The molecule has 0 saturated heterocycles. The number of benzene rings is 1. The van der Waals surface area contributed by atoms with Crippen molar-refractivity contribution in [3.63, 3.8) is 0 Å². The van der Waals surface area contributed by atoms with Crippen molar-refractivity contribution < 1.29 is 0 Å². The predicted octanol–water partition coefficient (Wildman–Crippen LogP) is 5.30. The molecule has 18 heavy (non-hydrogen) atoms. The standard InChI is InChI=1S/C15H14S3/c1-9(2)14-8-11-12(16)7-10-5-3-4-6-13(10)17-15(11)18-14/h3-6,8-9H,7H2,1-2H3. The summed E-state index contributed by atoms with van der Waals surface area (Å²) in [5.41, 5.74) is 2.65. The first-order chi connectivity index (χ1) is 8.65. The number of hydrogen-bond acceptors (Lipinski definition) is 3. The Morgan fingerprint density at radius 2 is 2.00 bits per heavy atom. The minimum absolute atomic E-state index is 0.584. The fourth-order valence-electron chi connectivity index (χ4n) is 2.06. The Kier molecular flexibility index (Phi) is 3.31. The smallest absolute Gasteiger partial charge is 0.0733 e. The molecular weight excluding hydrogens is 276 g/mol. The molecule has 0 nitrogen and oxygen atoms in total. The minimum Gasteiger partial charge on any atom is -0.133 e. The van der Waals surface area contributed by atoms with Crippen LogP contribution in [0, 0.1) is 0 Å². The average molecular weight is 290 g/mol. The van der Waals surface area contributed by atoms with Gasteiger partial charge in [-0.3, -0.25) is 0 Å². The molecule has 0 atom stereocenters. The average Bonchev–Trinajstić information content (AvgIpc) is 2.71. The van der Waals surface area contributed by atoms with Gasteiger partial charge < -0.3 is 0 Å². The highest BCUT2D eigenvalue weighted by Crippen LogP contribution is 2.43. The Bertz CT molecular complexity index is 608. The second-order valence-electron chi connectivity index (χ2n) is 4.81. The number of hydrogen-bond donors (Lipinski definition) is 0. The van der Waals surface area contributed by atoms with Crippen LogP contribution in [0.15, 0.2) is 39.4 Å². The minimum atomic E-state index is 0.584. The van der Waals surface area contributed by atoms with Crippen LogP contribution in [-0.2, 0) is 6.42 Å². The van der Waals surface area contributed by atoms with Gasteiger partial charge in [-0.1, -0.05) is 56.0 Å². The summed E-state index contributed by atoms with van der Waals surface area (Å²) in [6.07, 6.45) is 0.903. The zero-order chi connectivity index (χ0) is 12.7. The van der Waals surface area contributed by atoms with Gasteiger partial charge in [-0.05, 0) is 23.6 Å². The van der Waals surface area contributed by atoms with Crippen molar-refractivity contribution in [2.75, 3.05) is 0 Å². The molecule has 1 aromatic carbocycles. The van der Waals surface area contributed by atoms with Gasteiger partial charge in [0, 0.05) is 26.6 Å². The molecule has 0 spiro atoms. The third kappa shape index (κ3) is 2.15. The molecule has 2 heterocycles. The highest BCUT2D eigenvalue weighted by atomic mass is 32.2. The molecule has 2 aromatic rings. The second kappa shape index (κ2) is 4.80. The topological polar surface area (TPSA) is 0 Å². The van der Waals surface area contributed by atoms with Crippen molar-refractivity contribution >= 4 is 40.2 Å². The first-order valence-corrected chi connectivity index (χ1v) is 8.12. The molecular formula is C15H14S3. The lowest BCUT2D eigenvalue weighted by molar-refractivity contribution is 0.889. The number of thiophene rings is 1. The predicted molar refractivity (Wildman–Crippen MR) is 84.4 cm³/mol. The molecule has 0 amide bonds. The molecule has 1 aromatic heterocycles. The van der Waals surface area contributed by atoms with Crippen molar-refractivity contribution in [3.05, 3.63) is 46.3 Å². The molecule has 0 unspecified atom stereocenters. The van der Waals surface area contributed by atoms with E-state index < -0.39 is 0 Å². The van der Waals surface area contributed by atoms with Gasteiger partial charge in [-0.15, -0.1) is 11.3 Å². The van der Waals surface area contributed by atoms with E-state index in [0.29, 0.717) is 5.92 Å². The summed E-state index contributed by atoms with van der Waals surface area (Å²) in [5.74, 6) is 0.584. The van der Waals surface area contributed by atoms with Crippen LogP contribution in [0.2, 0.25) is 0 Å². The lowest BCUT2D eigenvalue weighted by Crippen LogP contribution is -2.00. The van der Waals surface area contributed by atoms with E-state index in [1.54, 1.807) is 0 Å². The van der Waals surface area contributed by atoms with Gasteiger partial charge in [-0.2, -0.15) is 0 Å². The van der Waals surface area contributed by atoms with E-state index >= 15 is 0 Å². The lowest BCUT2D eigenvalue weighted by Gasteiger charge is -2.04. The van der Waals surface area contributed by atoms with E-state index in [4.69, 9.17) is 12.2 Å². The molecule has 3 rings (SSSR count). The summed E-state index contributed by atoms with van der Waals surface area (Å²) >= 11 is 9.39. The van der Waals surface area contributed by atoms with Crippen molar-refractivity contribution in [2.45, 2.75) is 35.3 Å². The van der Waals surface area contributed by atoms with Crippen molar-refractivity contribution in [1.29, 1.82) is 0 Å². The van der Waals surface area contributed by atoms with Crippen LogP contribution in [0.1, 0.15) is 35.8 Å². The molecule has 92 valence electrons. The maximum Gasteiger partial charge on any atom is 0.0733 e. The van der Waals surface area contributed by atoms with Gasteiger partial charge in [-0.25, -0.2) is 0 Å². The van der Waals surface area contributed by atoms with Crippen molar-refractivity contribution in [3.8, 4) is 0 Å². The van der Waals surface area contributed by atoms with Gasteiger partial charge in [0.25, 0.3) is 0 Å². The van der Waals surface area contributed by atoms with Gasteiger partial charge in [0.2, 0.25) is 0 Å². The molecule has 1 aliphatic rings. The third-order valence-electron chi connectivity index (χ3n) is 3.11. The largest absolute Gasteiger partial charge is 0.133 e. The van der Waals surface area contributed by atoms with Crippen LogP contribution < -0.4 is 0 Å². The van der Waals surface area contributed by atoms with Crippen LogP contribution in [0.25, 0.3) is 0 Å². The van der Waals surface area contributed by atoms with Gasteiger partial charge in [0.05, 0.1) is 4.21 Å². The fraction of sp³-hybridized carbons (Fsp3) is 0.267. The summed E-state index contributed by atoms with van der Waals surface area (Å²) in [6, 6.07) is 10.9. The van der Waals surface area contributed by atoms with Crippen LogP contribution in [0.3, 0.4) is 0 Å². The van der Waals surface area contributed by atoms with E-state index in [9.17, 15) is 0 Å². The lowest BCUT2D eigenvalue weighted by atomic mass is 10.1. The molecule has 1 aliphatic heterocycles. The summed E-state index contributed by atoms with van der Waals surface area (Å²) in [6.45, 7) is 4.49. The Balaban J connectivity index is 2.10. The Morgan fingerprint density at radius 3 is 2.78 bits per heavy atom. The Hall–Kier alpha value is -0.640. The molecule has 0 bridgehead atoms. The summed E-state index contributed by atoms with van der Waals surface area (Å²) in [5, 5.41) is 0. The van der Waals surface area contributed by atoms with E-state index in [1.165, 1.54) is 25.1 Å². The van der Waals surface area contributed by atoms with Crippen LogP contribution in [0.4, 0.5) is 0 Å². The van der Waals surface area contributed by atoms with Gasteiger partial charge in [0.1, 0.15) is 0 Å². The summed E-state index contributed by atoms with van der Waals surface area (Å²) in [7, 11) is 0. The van der Waals surface area contributed by atoms with E-state index in [0.717, 1.165) is 11.3 Å². The number of rotatable bonds is 1. The monoisotopic (exact) mass is 290 g/mol. The van der Waals surface area contributed by atoms with E-state index in [-0.39, 0.29) is 0 Å². The van der Waals surface area contributed by atoms with Crippen molar-refractivity contribution in [2.24, 2.45) is 0 Å². The van der Waals surface area contributed by atoms with Crippen LogP contribution in [0.5, 0.6) is 0 Å². The molecule has 0 radical (unpaired) electrons. The van der Waals surface area contributed by atoms with E-state index in [2.05, 4.69) is 44.2 Å². The van der Waals surface area contributed by atoms with Crippen LogP contribution in [-0.4, -0.2) is 4.86 Å². The zero-order valence-electron chi connectivity index (χ0n) is 10.4. The summed E-state index contributed by atoms with van der Waals surface area (Å²) in [4.78, 5) is 3.88. The maximum absolute atomic E-state index is 5.62. The number of fused-ring (bicyclic) bond motifs is 2. The Labute approximate surface area is 121 Å². The van der Waals surface area contributed by atoms with Gasteiger partial charge >= 0.3 is 0 Å². The van der Waals surface area contributed by atoms with Crippen LogP contribution >= 0.6 is 35.3 Å². The molecule has 0 fully saturated rings. The van der Waals surface area contributed by atoms with E-state index in [1.807, 2.05) is 23.1 Å². The molecule has 0 saturated carbocycles. The second-order valence-corrected chi connectivity index (χ2v) is 7.70. The molecule has 3 heteroatoms. The normalized spacial score (nSPS) is 14.3. The van der Waals surface area contributed by atoms with Gasteiger partial charge in [0.15, 0.2) is 0 Å². The maximum atomic E-state index is 5.62.